The molecule has 2 aromatic rings. The molecule has 0 bridgehead atoms. The van der Waals surface area contributed by atoms with Crippen molar-refractivity contribution in [3.05, 3.63) is 36.0 Å². The molecule has 0 saturated carbocycles. The number of rotatable bonds is 7. The second kappa shape index (κ2) is 6.90. The third-order valence-corrected chi connectivity index (χ3v) is 3.22. The topological polar surface area (TPSA) is 91.4 Å². The molecule has 6 nitrogen and oxygen atoms in total. The molecule has 112 valence electrons. The molecule has 6 heteroatoms. The molecular formula is C15H18N2O4. The van der Waals surface area contributed by atoms with Gasteiger partial charge in [0.15, 0.2) is 0 Å². The Hall–Kier alpha value is -2.34. The largest absolute Gasteiger partial charge is 0.480 e. The first-order chi connectivity index (χ1) is 10.1. The number of ether oxygens (including phenoxy) is 1. The highest BCUT2D eigenvalue weighted by molar-refractivity contribution is 5.99. The predicted octanol–water partition coefficient (Wildman–Crippen LogP) is 1.78. The monoisotopic (exact) mass is 290 g/mol. The molecule has 0 aliphatic carbocycles. The number of fused-ring (bicyclic) bond motifs is 1. The number of carboxylic acids is 1. The zero-order valence-corrected chi connectivity index (χ0v) is 11.8. The smallest absolute Gasteiger partial charge is 0.326 e. The van der Waals surface area contributed by atoms with Gasteiger partial charge in [-0.2, -0.15) is 0 Å². The number of methoxy groups -OCH3 is 1. The standard InChI is InChI=1S/C15H18N2O4/c1-21-8-4-7-12(15(19)20)17-14(18)13-9-10-5-2-3-6-11(10)16-13/h2-3,5-6,9,12,16H,4,7-8H2,1H3,(H,17,18)(H,19,20). The maximum atomic E-state index is 12.1. The molecule has 0 aliphatic heterocycles. The number of H-pyrrole nitrogens is 1. The fraction of sp³-hybridized carbons (Fsp3) is 0.333. The van der Waals surface area contributed by atoms with Crippen molar-refractivity contribution >= 4 is 22.8 Å². The van der Waals surface area contributed by atoms with Crippen LogP contribution in [0.3, 0.4) is 0 Å². The summed E-state index contributed by atoms with van der Waals surface area (Å²) in [5.74, 6) is -1.47. The van der Waals surface area contributed by atoms with E-state index < -0.39 is 17.9 Å². The van der Waals surface area contributed by atoms with E-state index in [1.165, 1.54) is 0 Å². The van der Waals surface area contributed by atoms with Crippen LogP contribution in [-0.2, 0) is 9.53 Å². The van der Waals surface area contributed by atoms with Crippen LogP contribution >= 0.6 is 0 Å². The summed E-state index contributed by atoms with van der Waals surface area (Å²) >= 11 is 0. The molecule has 0 fully saturated rings. The van der Waals surface area contributed by atoms with Crippen molar-refractivity contribution < 1.29 is 19.4 Å². The lowest BCUT2D eigenvalue weighted by atomic mass is 10.1. The SMILES string of the molecule is COCCCC(NC(=O)c1cc2ccccc2[nH]1)C(=O)O. The van der Waals surface area contributed by atoms with Gasteiger partial charge in [-0.25, -0.2) is 4.79 Å². The van der Waals surface area contributed by atoms with Gasteiger partial charge in [-0.05, 0) is 25.0 Å². The number of carboxylic acid groups (broad SMARTS) is 1. The maximum Gasteiger partial charge on any atom is 0.326 e. The second-order valence-corrected chi connectivity index (χ2v) is 4.77. The first-order valence-corrected chi connectivity index (χ1v) is 6.72. The van der Waals surface area contributed by atoms with Crippen LogP contribution in [0.2, 0.25) is 0 Å². The van der Waals surface area contributed by atoms with Gasteiger partial charge in [0, 0.05) is 24.6 Å². The number of hydrogen-bond acceptors (Lipinski definition) is 3. The number of hydrogen-bond donors (Lipinski definition) is 3. The van der Waals surface area contributed by atoms with Gasteiger partial charge in [0.2, 0.25) is 0 Å². The Labute approximate surface area is 122 Å². The quantitative estimate of drug-likeness (QED) is 0.678. The maximum absolute atomic E-state index is 12.1. The van der Waals surface area contributed by atoms with Gasteiger partial charge in [-0.3, -0.25) is 4.79 Å². The second-order valence-electron chi connectivity index (χ2n) is 4.77. The predicted molar refractivity (Wildman–Crippen MR) is 78.3 cm³/mol. The molecule has 1 aromatic heterocycles. The third kappa shape index (κ3) is 3.82. The molecule has 3 N–H and O–H groups in total. The first kappa shape index (κ1) is 15.1. The normalized spacial score (nSPS) is 12.2. The van der Waals surface area contributed by atoms with E-state index in [9.17, 15) is 9.59 Å². The van der Waals surface area contributed by atoms with E-state index in [1.807, 2.05) is 24.3 Å². The minimum atomic E-state index is -1.05. The Morgan fingerprint density at radius 1 is 1.38 bits per heavy atom. The molecule has 2 rings (SSSR count). The van der Waals surface area contributed by atoms with Gasteiger partial charge < -0.3 is 20.1 Å². The zero-order chi connectivity index (χ0) is 15.2. The summed E-state index contributed by atoms with van der Waals surface area (Å²) in [6, 6.07) is 8.28. The molecule has 21 heavy (non-hydrogen) atoms. The summed E-state index contributed by atoms with van der Waals surface area (Å²) in [4.78, 5) is 26.3. The first-order valence-electron chi connectivity index (χ1n) is 6.72. The molecule has 1 atom stereocenters. The van der Waals surface area contributed by atoms with Crippen LogP contribution in [0.15, 0.2) is 30.3 Å². The molecule has 0 radical (unpaired) electrons. The van der Waals surface area contributed by atoms with E-state index in [1.54, 1.807) is 13.2 Å². The summed E-state index contributed by atoms with van der Waals surface area (Å²) in [5.41, 5.74) is 1.20. The highest BCUT2D eigenvalue weighted by atomic mass is 16.5. The van der Waals surface area contributed by atoms with E-state index >= 15 is 0 Å². The van der Waals surface area contributed by atoms with Crippen LogP contribution in [-0.4, -0.2) is 41.7 Å². The summed E-state index contributed by atoms with van der Waals surface area (Å²) in [6.45, 7) is 0.464. The van der Waals surface area contributed by atoms with Crippen LogP contribution in [0, 0.1) is 0 Å². The van der Waals surface area contributed by atoms with Crippen molar-refractivity contribution in [1.82, 2.24) is 10.3 Å². The zero-order valence-electron chi connectivity index (χ0n) is 11.8. The van der Waals surface area contributed by atoms with Gasteiger partial charge in [0.25, 0.3) is 5.91 Å². The number of amides is 1. The minimum absolute atomic E-state index is 0.329. The van der Waals surface area contributed by atoms with Crippen LogP contribution in [0.5, 0.6) is 0 Å². The highest BCUT2D eigenvalue weighted by Gasteiger charge is 2.21. The van der Waals surface area contributed by atoms with Gasteiger partial charge in [-0.15, -0.1) is 0 Å². The summed E-state index contributed by atoms with van der Waals surface area (Å²) in [6.07, 6.45) is 0.898. The number of para-hydroxylation sites is 1. The van der Waals surface area contributed by atoms with Crippen molar-refractivity contribution in [2.45, 2.75) is 18.9 Å². The molecular weight excluding hydrogens is 272 g/mol. The van der Waals surface area contributed by atoms with Crippen LogP contribution in [0.1, 0.15) is 23.3 Å². The van der Waals surface area contributed by atoms with Crippen molar-refractivity contribution in [3.63, 3.8) is 0 Å². The Balaban J connectivity index is 2.05. The Morgan fingerprint density at radius 3 is 2.81 bits per heavy atom. The number of carbonyl (C=O) groups is 2. The number of aromatic nitrogens is 1. The van der Waals surface area contributed by atoms with E-state index in [2.05, 4.69) is 10.3 Å². The van der Waals surface area contributed by atoms with E-state index in [-0.39, 0.29) is 0 Å². The van der Waals surface area contributed by atoms with Crippen LogP contribution < -0.4 is 5.32 Å². The van der Waals surface area contributed by atoms with E-state index in [4.69, 9.17) is 9.84 Å². The number of aromatic amines is 1. The summed E-state index contributed by atoms with van der Waals surface area (Å²) in [7, 11) is 1.55. The van der Waals surface area contributed by atoms with Crippen molar-refractivity contribution in [1.29, 1.82) is 0 Å². The van der Waals surface area contributed by atoms with Gasteiger partial charge in [0.05, 0.1) is 0 Å². The molecule has 1 heterocycles. The lowest BCUT2D eigenvalue weighted by Gasteiger charge is -2.13. The van der Waals surface area contributed by atoms with Crippen molar-refractivity contribution in [3.8, 4) is 0 Å². The number of carbonyl (C=O) groups excluding carboxylic acids is 1. The molecule has 1 amide bonds. The molecule has 1 aromatic carbocycles. The fourth-order valence-electron chi connectivity index (χ4n) is 2.12. The lowest BCUT2D eigenvalue weighted by molar-refractivity contribution is -0.139. The fourth-order valence-corrected chi connectivity index (χ4v) is 2.12. The minimum Gasteiger partial charge on any atom is -0.480 e. The van der Waals surface area contributed by atoms with Crippen molar-refractivity contribution in [2.24, 2.45) is 0 Å². The summed E-state index contributed by atoms with van der Waals surface area (Å²) < 4.78 is 4.89. The summed E-state index contributed by atoms with van der Waals surface area (Å²) in [5, 5.41) is 12.6. The molecule has 0 spiro atoms. The van der Waals surface area contributed by atoms with E-state index in [0.29, 0.717) is 25.1 Å². The molecule has 1 unspecified atom stereocenters. The third-order valence-electron chi connectivity index (χ3n) is 3.22. The number of nitrogens with one attached hydrogen (secondary N) is 2. The highest BCUT2D eigenvalue weighted by Crippen LogP contribution is 2.14. The van der Waals surface area contributed by atoms with Gasteiger partial charge >= 0.3 is 5.97 Å². The average molecular weight is 290 g/mol. The van der Waals surface area contributed by atoms with Crippen molar-refractivity contribution in [2.75, 3.05) is 13.7 Å². The van der Waals surface area contributed by atoms with Crippen LogP contribution in [0.25, 0.3) is 10.9 Å². The number of benzene rings is 1. The van der Waals surface area contributed by atoms with E-state index in [0.717, 1.165) is 10.9 Å². The molecule has 0 saturated heterocycles. The lowest BCUT2D eigenvalue weighted by Crippen LogP contribution is -2.41. The van der Waals surface area contributed by atoms with Crippen LogP contribution in [0.4, 0.5) is 0 Å². The molecule has 0 aliphatic rings. The Kier molecular flexibility index (Phi) is 4.94. The van der Waals surface area contributed by atoms with Gasteiger partial charge in [0.1, 0.15) is 11.7 Å². The Morgan fingerprint density at radius 2 is 2.14 bits per heavy atom. The average Bonchev–Trinajstić information content (AvgIpc) is 2.90. The Bertz CT molecular complexity index is 602. The van der Waals surface area contributed by atoms with Gasteiger partial charge in [-0.1, -0.05) is 18.2 Å². The number of aliphatic carboxylic acids is 1.